The van der Waals surface area contributed by atoms with Crippen molar-refractivity contribution < 1.29 is 0 Å². The molecule has 0 amide bonds. The van der Waals surface area contributed by atoms with Crippen molar-refractivity contribution in [1.29, 1.82) is 0 Å². The molecule has 0 aliphatic rings. The number of aryl methyl sites for hydroxylation is 1. The number of aromatic nitrogens is 4. The first kappa shape index (κ1) is 11.1. The molecular weight excluding hydrogens is 224 g/mol. The number of nitrogens with zero attached hydrogens (tertiary/aromatic N) is 2. The predicted molar refractivity (Wildman–Crippen MR) is 65.0 cm³/mol. The average Bonchev–Trinajstić information content (AvgIpc) is 2.58. The van der Waals surface area contributed by atoms with Gasteiger partial charge in [-0.05, 0) is 12.3 Å². The molecule has 16 heavy (non-hydrogen) atoms. The van der Waals surface area contributed by atoms with Crippen molar-refractivity contribution in [1.82, 2.24) is 19.5 Å². The van der Waals surface area contributed by atoms with Crippen molar-refractivity contribution in [3.63, 3.8) is 0 Å². The van der Waals surface area contributed by atoms with Crippen LogP contribution in [0.2, 0.25) is 0 Å². The maximum Gasteiger partial charge on any atom is 0.325 e. The zero-order chi connectivity index (χ0) is 11.7. The minimum atomic E-state index is -0.288. The molecule has 0 aliphatic heterocycles. The summed E-state index contributed by atoms with van der Waals surface area (Å²) in [6.07, 6.45) is 2.76. The van der Waals surface area contributed by atoms with Crippen LogP contribution in [0.25, 0.3) is 11.2 Å². The molecule has 2 aromatic heterocycles. The quantitative estimate of drug-likeness (QED) is 0.802. The summed E-state index contributed by atoms with van der Waals surface area (Å²) in [5.74, 6) is 0.613. The molecular formula is C10H14N4OS. The highest BCUT2D eigenvalue weighted by Gasteiger charge is 2.06. The third-order valence-electron chi connectivity index (χ3n) is 2.46. The number of hydrogen-bond donors (Lipinski definition) is 2. The van der Waals surface area contributed by atoms with Gasteiger partial charge in [-0.25, -0.2) is 9.78 Å². The van der Waals surface area contributed by atoms with Crippen molar-refractivity contribution in [2.45, 2.75) is 26.8 Å². The third-order valence-corrected chi connectivity index (χ3v) is 2.75. The van der Waals surface area contributed by atoms with Crippen molar-refractivity contribution in [3.8, 4) is 0 Å². The Balaban J connectivity index is 2.48. The lowest BCUT2D eigenvalue weighted by Crippen LogP contribution is -2.12. The topological polar surface area (TPSA) is 66.5 Å². The second-order valence-electron chi connectivity index (χ2n) is 4.23. The minimum absolute atomic E-state index is 0.288. The fourth-order valence-electron chi connectivity index (χ4n) is 1.55. The fraction of sp³-hybridized carbons (Fsp3) is 0.500. The smallest absolute Gasteiger partial charge is 0.317 e. The first-order chi connectivity index (χ1) is 7.58. The van der Waals surface area contributed by atoms with Crippen LogP contribution in [0.5, 0.6) is 0 Å². The number of fused-ring (bicyclic) bond motifs is 1. The summed E-state index contributed by atoms with van der Waals surface area (Å²) < 4.78 is 2.32. The zero-order valence-electron chi connectivity index (χ0n) is 9.28. The number of nitrogens with one attached hydrogen (secondary N) is 2. The molecule has 2 aromatic rings. The Labute approximate surface area is 97.5 Å². The number of imidazole rings is 1. The second kappa shape index (κ2) is 4.21. The van der Waals surface area contributed by atoms with Crippen LogP contribution in [0.3, 0.4) is 0 Å². The molecule has 0 unspecified atom stereocenters. The Hall–Kier alpha value is -1.43. The molecule has 0 aromatic carbocycles. The van der Waals surface area contributed by atoms with Gasteiger partial charge in [-0.1, -0.05) is 26.1 Å². The van der Waals surface area contributed by atoms with Crippen molar-refractivity contribution >= 4 is 23.4 Å². The third kappa shape index (κ3) is 2.06. The molecule has 6 heteroatoms. The van der Waals surface area contributed by atoms with Crippen LogP contribution in [0.4, 0.5) is 0 Å². The van der Waals surface area contributed by atoms with Gasteiger partial charge in [0, 0.05) is 6.54 Å². The van der Waals surface area contributed by atoms with Crippen LogP contribution in [0, 0.1) is 10.6 Å². The van der Waals surface area contributed by atoms with E-state index in [-0.39, 0.29) is 5.69 Å². The van der Waals surface area contributed by atoms with Gasteiger partial charge >= 0.3 is 5.69 Å². The molecule has 5 nitrogen and oxygen atoms in total. The summed E-state index contributed by atoms with van der Waals surface area (Å²) >= 11 is 5.04. The van der Waals surface area contributed by atoms with Crippen molar-refractivity contribution in [2.24, 2.45) is 5.92 Å². The first-order valence-electron chi connectivity index (χ1n) is 5.25. The van der Waals surface area contributed by atoms with Gasteiger partial charge in [0.25, 0.3) is 0 Å². The van der Waals surface area contributed by atoms with E-state index in [2.05, 4.69) is 28.8 Å². The van der Waals surface area contributed by atoms with Gasteiger partial charge in [0.15, 0.2) is 0 Å². The molecule has 2 heterocycles. The zero-order valence-corrected chi connectivity index (χ0v) is 10.1. The van der Waals surface area contributed by atoms with Gasteiger partial charge in [-0.2, -0.15) is 0 Å². The average molecular weight is 238 g/mol. The molecule has 86 valence electrons. The van der Waals surface area contributed by atoms with Crippen LogP contribution in [-0.4, -0.2) is 19.5 Å². The number of rotatable bonds is 3. The summed E-state index contributed by atoms with van der Waals surface area (Å²) in [6.45, 7) is 5.16. The summed E-state index contributed by atoms with van der Waals surface area (Å²) in [4.78, 5) is 20.7. The van der Waals surface area contributed by atoms with E-state index in [9.17, 15) is 4.79 Å². The Morgan fingerprint density at radius 3 is 2.94 bits per heavy atom. The Morgan fingerprint density at radius 2 is 2.25 bits per heavy atom. The van der Waals surface area contributed by atoms with E-state index >= 15 is 0 Å². The van der Waals surface area contributed by atoms with Gasteiger partial charge in [0.2, 0.25) is 0 Å². The summed E-state index contributed by atoms with van der Waals surface area (Å²) in [6, 6.07) is 0. The van der Waals surface area contributed by atoms with Crippen LogP contribution in [0.1, 0.15) is 20.3 Å². The van der Waals surface area contributed by atoms with Gasteiger partial charge in [0.1, 0.15) is 15.8 Å². The predicted octanol–water partition coefficient (Wildman–Crippen LogP) is 1.83. The molecule has 2 N–H and O–H groups in total. The Kier molecular flexibility index (Phi) is 2.91. The van der Waals surface area contributed by atoms with E-state index in [4.69, 9.17) is 12.2 Å². The molecule has 0 bridgehead atoms. The number of hydrogen-bond acceptors (Lipinski definition) is 3. The fourth-order valence-corrected chi connectivity index (χ4v) is 1.79. The van der Waals surface area contributed by atoms with Crippen LogP contribution < -0.4 is 5.69 Å². The lowest BCUT2D eigenvalue weighted by molar-refractivity contribution is 0.521. The maximum absolute atomic E-state index is 11.3. The van der Waals surface area contributed by atoms with Crippen LogP contribution >= 0.6 is 12.2 Å². The minimum Gasteiger partial charge on any atom is -0.317 e. The van der Waals surface area contributed by atoms with E-state index in [0.29, 0.717) is 21.7 Å². The van der Waals surface area contributed by atoms with E-state index in [1.54, 1.807) is 6.33 Å². The largest absolute Gasteiger partial charge is 0.325 e. The highest BCUT2D eigenvalue weighted by molar-refractivity contribution is 7.71. The molecule has 0 atom stereocenters. The lowest BCUT2D eigenvalue weighted by atomic mass is 10.1. The van der Waals surface area contributed by atoms with E-state index in [1.165, 1.54) is 0 Å². The monoisotopic (exact) mass is 238 g/mol. The van der Waals surface area contributed by atoms with Crippen molar-refractivity contribution in [3.05, 3.63) is 21.5 Å². The highest BCUT2D eigenvalue weighted by atomic mass is 32.1. The van der Waals surface area contributed by atoms with Gasteiger partial charge in [0.05, 0.1) is 6.33 Å². The Bertz CT molecular complexity index is 607. The summed E-state index contributed by atoms with van der Waals surface area (Å²) in [7, 11) is 0. The molecule has 0 aliphatic carbocycles. The molecule has 2 rings (SSSR count). The molecule has 0 radical (unpaired) electrons. The van der Waals surface area contributed by atoms with E-state index in [0.717, 1.165) is 13.0 Å². The van der Waals surface area contributed by atoms with Crippen LogP contribution in [0.15, 0.2) is 11.1 Å². The van der Waals surface area contributed by atoms with Gasteiger partial charge in [-0.15, -0.1) is 0 Å². The SMILES string of the molecule is CC(C)CCn1cnc2c(=S)[nH]c(=O)[nH]c21. The Morgan fingerprint density at radius 1 is 1.50 bits per heavy atom. The molecule has 0 fully saturated rings. The first-order valence-corrected chi connectivity index (χ1v) is 5.66. The summed E-state index contributed by atoms with van der Waals surface area (Å²) in [5.41, 5.74) is 1.07. The number of H-pyrrole nitrogens is 2. The molecule has 0 saturated carbocycles. The standard InChI is InChI=1S/C10H14N4OS/c1-6(2)3-4-14-5-11-7-8(14)12-10(15)13-9(7)16/h5-6H,3-4H2,1-2H3,(H2,12,13,15,16). The maximum atomic E-state index is 11.3. The normalized spacial score (nSPS) is 11.4. The second-order valence-corrected chi connectivity index (χ2v) is 4.63. The molecule has 0 spiro atoms. The highest BCUT2D eigenvalue weighted by Crippen LogP contribution is 2.10. The van der Waals surface area contributed by atoms with Crippen LogP contribution in [-0.2, 0) is 6.54 Å². The van der Waals surface area contributed by atoms with Crippen molar-refractivity contribution in [2.75, 3.05) is 0 Å². The summed E-state index contributed by atoms with van der Waals surface area (Å²) in [5, 5.41) is 0. The lowest BCUT2D eigenvalue weighted by Gasteiger charge is -2.05. The van der Waals surface area contributed by atoms with Gasteiger partial charge < -0.3 is 4.57 Å². The van der Waals surface area contributed by atoms with E-state index < -0.39 is 0 Å². The molecule has 0 saturated heterocycles. The number of aromatic amines is 2. The van der Waals surface area contributed by atoms with Gasteiger partial charge in [-0.3, -0.25) is 9.97 Å². The van der Waals surface area contributed by atoms with E-state index in [1.807, 2.05) is 4.57 Å².